The van der Waals surface area contributed by atoms with Gasteiger partial charge in [-0.05, 0) is 6.42 Å². The molecule has 0 atom stereocenters. The van der Waals surface area contributed by atoms with Crippen molar-refractivity contribution >= 4 is 5.84 Å². The van der Waals surface area contributed by atoms with Crippen LogP contribution >= 0.6 is 0 Å². The summed E-state index contributed by atoms with van der Waals surface area (Å²) >= 11 is 0. The molecular formula is C5H10FN3. The molecule has 0 spiro atoms. The molecule has 0 amide bonds. The van der Waals surface area contributed by atoms with Gasteiger partial charge in [0.25, 0.3) is 0 Å². The summed E-state index contributed by atoms with van der Waals surface area (Å²) in [5.74, 6) is 0.512. The summed E-state index contributed by atoms with van der Waals surface area (Å²) in [6, 6.07) is 0. The van der Waals surface area contributed by atoms with Gasteiger partial charge >= 0.3 is 0 Å². The molecule has 0 radical (unpaired) electrons. The quantitative estimate of drug-likeness (QED) is 0.562. The Morgan fingerprint density at radius 2 is 2.67 bits per heavy atom. The van der Waals surface area contributed by atoms with E-state index in [0.29, 0.717) is 17.4 Å². The number of nitrogens with zero attached hydrogens (tertiary/aromatic N) is 2. The summed E-state index contributed by atoms with van der Waals surface area (Å²) in [6.45, 7) is 2.20. The van der Waals surface area contributed by atoms with Crippen LogP contribution in [0.25, 0.3) is 0 Å². The van der Waals surface area contributed by atoms with Crippen LogP contribution in [0.2, 0.25) is 0 Å². The zero-order chi connectivity index (χ0) is 6.69. The minimum absolute atomic E-state index is 0.204. The average molecular weight is 131 g/mol. The van der Waals surface area contributed by atoms with Crippen LogP contribution in [0.1, 0.15) is 19.8 Å². The zero-order valence-electron chi connectivity index (χ0n) is 5.39. The highest BCUT2D eigenvalue weighted by Gasteiger charge is 2.13. The van der Waals surface area contributed by atoms with Crippen LogP contribution in [0.15, 0.2) is 5.10 Å². The van der Waals surface area contributed by atoms with E-state index in [1.54, 1.807) is 0 Å². The van der Waals surface area contributed by atoms with E-state index in [1.165, 1.54) is 0 Å². The van der Waals surface area contributed by atoms with Crippen molar-refractivity contribution < 1.29 is 4.48 Å². The summed E-state index contributed by atoms with van der Waals surface area (Å²) in [6.07, 6.45) is 1.64. The van der Waals surface area contributed by atoms with Crippen molar-refractivity contribution in [1.29, 1.82) is 0 Å². The van der Waals surface area contributed by atoms with Crippen molar-refractivity contribution in [3.8, 4) is 0 Å². The highest BCUT2D eigenvalue weighted by molar-refractivity contribution is 5.81. The SMILES string of the molecule is CCCC1=NNCN1F. The van der Waals surface area contributed by atoms with Crippen LogP contribution in [0.3, 0.4) is 0 Å². The second-order valence-electron chi connectivity index (χ2n) is 1.96. The number of amidine groups is 1. The van der Waals surface area contributed by atoms with Gasteiger partial charge in [0, 0.05) is 6.42 Å². The Morgan fingerprint density at radius 3 is 3.11 bits per heavy atom. The van der Waals surface area contributed by atoms with Gasteiger partial charge in [-0.15, -0.1) is 0 Å². The third-order valence-corrected chi connectivity index (χ3v) is 1.17. The molecule has 9 heavy (non-hydrogen) atoms. The van der Waals surface area contributed by atoms with E-state index >= 15 is 0 Å². The third kappa shape index (κ3) is 1.31. The van der Waals surface area contributed by atoms with E-state index in [0.717, 1.165) is 6.42 Å². The van der Waals surface area contributed by atoms with Gasteiger partial charge in [0.05, 0.1) is 0 Å². The molecular weight excluding hydrogens is 121 g/mol. The van der Waals surface area contributed by atoms with Crippen LogP contribution in [0.5, 0.6) is 0 Å². The van der Waals surface area contributed by atoms with E-state index < -0.39 is 0 Å². The van der Waals surface area contributed by atoms with Gasteiger partial charge in [-0.3, -0.25) is 5.43 Å². The van der Waals surface area contributed by atoms with Crippen molar-refractivity contribution in [3.05, 3.63) is 0 Å². The lowest BCUT2D eigenvalue weighted by Gasteiger charge is -2.03. The number of hydrogen-bond donors (Lipinski definition) is 1. The molecule has 0 aromatic carbocycles. The van der Waals surface area contributed by atoms with Gasteiger partial charge in [-0.25, -0.2) is 0 Å². The van der Waals surface area contributed by atoms with Crippen LogP contribution in [-0.2, 0) is 0 Å². The van der Waals surface area contributed by atoms with Gasteiger partial charge in [0.1, 0.15) is 6.67 Å². The van der Waals surface area contributed by atoms with E-state index in [9.17, 15) is 4.48 Å². The molecule has 1 rings (SSSR count). The zero-order valence-corrected chi connectivity index (χ0v) is 5.39. The second-order valence-corrected chi connectivity index (χ2v) is 1.96. The Bertz CT molecular complexity index is 123. The van der Waals surface area contributed by atoms with E-state index in [-0.39, 0.29) is 6.67 Å². The average Bonchev–Trinajstić information content (AvgIpc) is 2.18. The lowest BCUT2D eigenvalue weighted by molar-refractivity contribution is 0.124. The number of hydrogen-bond acceptors (Lipinski definition) is 3. The fourth-order valence-corrected chi connectivity index (χ4v) is 0.735. The molecule has 0 aliphatic carbocycles. The van der Waals surface area contributed by atoms with Crippen LogP contribution < -0.4 is 5.43 Å². The molecule has 0 aromatic heterocycles. The number of hydrazone groups is 1. The largest absolute Gasteiger partial charge is 0.286 e. The minimum Gasteiger partial charge on any atom is -0.286 e. The van der Waals surface area contributed by atoms with Gasteiger partial charge in [-0.1, -0.05) is 11.4 Å². The predicted octanol–water partition coefficient (Wildman–Crippen LogP) is 0.847. The van der Waals surface area contributed by atoms with Gasteiger partial charge in [-0.2, -0.15) is 10.2 Å². The standard InChI is InChI=1S/C5H10FN3/c1-2-3-5-8-7-4-9(5)6/h7H,2-4H2,1H3. The maximum atomic E-state index is 12.4. The number of nitrogens with one attached hydrogen (secondary N) is 1. The molecule has 1 aliphatic heterocycles. The highest BCUT2D eigenvalue weighted by Crippen LogP contribution is 2.02. The monoisotopic (exact) mass is 131 g/mol. The van der Waals surface area contributed by atoms with Crippen molar-refractivity contribution in [3.63, 3.8) is 0 Å². The normalized spacial score (nSPS) is 17.6. The molecule has 1 aliphatic rings. The van der Waals surface area contributed by atoms with E-state index in [2.05, 4.69) is 10.5 Å². The molecule has 0 aromatic rings. The first kappa shape index (κ1) is 6.32. The molecule has 0 fully saturated rings. The molecule has 4 heteroatoms. The van der Waals surface area contributed by atoms with E-state index in [1.807, 2.05) is 6.92 Å². The first-order chi connectivity index (χ1) is 4.34. The molecule has 1 heterocycles. The Labute approximate surface area is 53.5 Å². The van der Waals surface area contributed by atoms with Crippen molar-refractivity contribution in [2.75, 3.05) is 6.67 Å². The molecule has 3 nitrogen and oxygen atoms in total. The molecule has 0 saturated carbocycles. The summed E-state index contributed by atoms with van der Waals surface area (Å²) < 4.78 is 12.4. The molecule has 0 unspecified atom stereocenters. The maximum absolute atomic E-state index is 12.4. The maximum Gasteiger partial charge on any atom is 0.156 e. The summed E-state index contributed by atoms with van der Waals surface area (Å²) in [5, 5.41) is 4.35. The van der Waals surface area contributed by atoms with Crippen LogP contribution in [-0.4, -0.2) is 17.6 Å². The van der Waals surface area contributed by atoms with E-state index in [4.69, 9.17) is 0 Å². The highest BCUT2D eigenvalue weighted by atomic mass is 19.2. The number of rotatable bonds is 2. The molecule has 52 valence electrons. The molecule has 1 N–H and O–H groups in total. The first-order valence-electron chi connectivity index (χ1n) is 3.07. The fourth-order valence-electron chi connectivity index (χ4n) is 0.735. The fraction of sp³-hybridized carbons (Fsp3) is 0.800. The van der Waals surface area contributed by atoms with Crippen molar-refractivity contribution in [2.45, 2.75) is 19.8 Å². The smallest absolute Gasteiger partial charge is 0.156 e. The molecule has 0 bridgehead atoms. The van der Waals surface area contributed by atoms with Crippen molar-refractivity contribution in [2.24, 2.45) is 5.10 Å². The Hall–Kier alpha value is -0.800. The van der Waals surface area contributed by atoms with Crippen molar-refractivity contribution in [1.82, 2.24) is 10.5 Å². The molecule has 0 saturated heterocycles. The summed E-state index contributed by atoms with van der Waals surface area (Å²) in [4.78, 5) is 0. The Kier molecular flexibility index (Phi) is 1.87. The number of halogens is 1. The second kappa shape index (κ2) is 2.66. The van der Waals surface area contributed by atoms with Gasteiger partial charge in [0.2, 0.25) is 0 Å². The Morgan fingerprint density at radius 1 is 1.89 bits per heavy atom. The summed E-state index contributed by atoms with van der Waals surface area (Å²) in [7, 11) is 0. The minimum atomic E-state index is 0.204. The summed E-state index contributed by atoms with van der Waals surface area (Å²) in [5.41, 5.74) is 2.55. The van der Waals surface area contributed by atoms with Crippen LogP contribution in [0, 0.1) is 0 Å². The van der Waals surface area contributed by atoms with Gasteiger partial charge < -0.3 is 0 Å². The topological polar surface area (TPSA) is 27.6 Å². The Balaban J connectivity index is 2.38. The first-order valence-corrected chi connectivity index (χ1v) is 3.07. The lowest BCUT2D eigenvalue weighted by Crippen LogP contribution is -2.19. The predicted molar refractivity (Wildman–Crippen MR) is 33.3 cm³/mol. The third-order valence-electron chi connectivity index (χ3n) is 1.17. The van der Waals surface area contributed by atoms with Crippen LogP contribution in [0.4, 0.5) is 4.48 Å². The lowest BCUT2D eigenvalue weighted by atomic mass is 10.3. The van der Waals surface area contributed by atoms with Gasteiger partial charge in [0.15, 0.2) is 5.84 Å².